The van der Waals surface area contributed by atoms with Gasteiger partial charge in [0.1, 0.15) is 0 Å². The molecule has 0 unspecified atom stereocenters. The lowest BCUT2D eigenvalue weighted by molar-refractivity contribution is 0.279. The third kappa shape index (κ3) is 3.23. The fourth-order valence-electron chi connectivity index (χ4n) is 3.43. The summed E-state index contributed by atoms with van der Waals surface area (Å²) in [5, 5.41) is 3.86. The largest absolute Gasteiger partial charge is 0.312 e. The lowest BCUT2D eigenvalue weighted by Gasteiger charge is -2.22. The van der Waals surface area contributed by atoms with Crippen LogP contribution in [0.4, 0.5) is 0 Å². The van der Waals surface area contributed by atoms with E-state index in [1.165, 1.54) is 58.3 Å². The molecule has 2 heteroatoms. The second-order valence-electron chi connectivity index (χ2n) is 7.35. The Kier molecular flexibility index (Phi) is 3.20. The predicted molar refractivity (Wildman–Crippen MR) is 72.1 cm³/mol. The highest BCUT2D eigenvalue weighted by atomic mass is 15.2. The minimum absolute atomic E-state index is 0.562. The number of likely N-dealkylation sites (tertiary alicyclic amines) is 1. The van der Waals surface area contributed by atoms with Gasteiger partial charge < -0.3 is 10.2 Å². The zero-order valence-corrected chi connectivity index (χ0v) is 11.5. The van der Waals surface area contributed by atoms with Crippen LogP contribution in [0, 0.1) is 17.3 Å². The average molecular weight is 236 g/mol. The van der Waals surface area contributed by atoms with Crippen molar-refractivity contribution in [3.63, 3.8) is 0 Å². The summed E-state index contributed by atoms with van der Waals surface area (Å²) >= 11 is 0. The first-order chi connectivity index (χ1) is 8.14. The Morgan fingerprint density at radius 2 is 1.82 bits per heavy atom. The number of nitrogens with zero attached hydrogens (tertiary/aromatic N) is 1. The predicted octanol–water partition coefficient (Wildman–Crippen LogP) is 2.50. The van der Waals surface area contributed by atoms with Crippen LogP contribution in [0.15, 0.2) is 0 Å². The molecular formula is C15H28N2. The molecule has 3 aliphatic rings. The fraction of sp³-hybridized carbons (Fsp3) is 1.00. The molecule has 98 valence electrons. The van der Waals surface area contributed by atoms with Gasteiger partial charge in [0, 0.05) is 25.7 Å². The van der Waals surface area contributed by atoms with Gasteiger partial charge in [-0.1, -0.05) is 13.8 Å². The molecule has 0 atom stereocenters. The van der Waals surface area contributed by atoms with E-state index < -0.39 is 0 Å². The van der Waals surface area contributed by atoms with Gasteiger partial charge in [0.25, 0.3) is 0 Å². The van der Waals surface area contributed by atoms with Crippen molar-refractivity contribution >= 4 is 0 Å². The zero-order valence-electron chi connectivity index (χ0n) is 11.5. The van der Waals surface area contributed by atoms with Gasteiger partial charge in [-0.05, 0) is 55.9 Å². The normalized spacial score (nSPS) is 29.1. The van der Waals surface area contributed by atoms with E-state index in [0.717, 1.165) is 17.9 Å². The Morgan fingerprint density at radius 3 is 2.29 bits per heavy atom. The number of hydrogen-bond acceptors (Lipinski definition) is 2. The summed E-state index contributed by atoms with van der Waals surface area (Å²) in [5.74, 6) is 2.08. The Bertz CT molecular complexity index is 254. The van der Waals surface area contributed by atoms with Gasteiger partial charge in [-0.2, -0.15) is 0 Å². The molecule has 3 rings (SSSR count). The summed E-state index contributed by atoms with van der Waals surface area (Å²) in [6, 6.07) is 0.880. The third-order valence-electron chi connectivity index (χ3n) is 4.82. The van der Waals surface area contributed by atoms with Crippen LogP contribution in [0.5, 0.6) is 0 Å². The highest BCUT2D eigenvalue weighted by molar-refractivity contribution is 4.96. The van der Waals surface area contributed by atoms with E-state index in [1.54, 1.807) is 0 Å². The smallest absolute Gasteiger partial charge is 0.0124 e. The molecule has 2 aliphatic carbocycles. The molecule has 2 nitrogen and oxygen atoms in total. The van der Waals surface area contributed by atoms with E-state index >= 15 is 0 Å². The molecule has 0 bridgehead atoms. The van der Waals surface area contributed by atoms with Crippen molar-refractivity contribution in [2.45, 2.75) is 52.0 Å². The van der Waals surface area contributed by atoms with Gasteiger partial charge in [0.15, 0.2) is 0 Å². The minimum atomic E-state index is 0.562. The average Bonchev–Trinajstić information content (AvgIpc) is 3.13. The molecule has 0 radical (unpaired) electrons. The van der Waals surface area contributed by atoms with Crippen molar-refractivity contribution < 1.29 is 0 Å². The first kappa shape index (κ1) is 12.0. The standard InChI is InChI=1S/C15H28N2/c1-15(2)7-9-17(11-15)10-8-16-14(12-3-4-12)13-5-6-13/h12-14,16H,3-11H2,1-2H3. The molecule has 0 amide bonds. The van der Waals surface area contributed by atoms with Gasteiger partial charge in [0.2, 0.25) is 0 Å². The molecule has 3 fully saturated rings. The van der Waals surface area contributed by atoms with Crippen LogP contribution in [0.1, 0.15) is 46.0 Å². The fourth-order valence-corrected chi connectivity index (χ4v) is 3.43. The van der Waals surface area contributed by atoms with Crippen molar-refractivity contribution in [1.82, 2.24) is 10.2 Å². The summed E-state index contributed by atoms with van der Waals surface area (Å²) in [5.41, 5.74) is 0.562. The first-order valence-corrected chi connectivity index (χ1v) is 7.60. The van der Waals surface area contributed by atoms with Gasteiger partial charge in [-0.3, -0.25) is 0 Å². The van der Waals surface area contributed by atoms with E-state index in [0.29, 0.717) is 5.41 Å². The Hall–Kier alpha value is -0.0800. The summed E-state index contributed by atoms with van der Waals surface area (Å²) in [4.78, 5) is 2.64. The Labute approximate surface area is 106 Å². The van der Waals surface area contributed by atoms with Crippen molar-refractivity contribution in [2.75, 3.05) is 26.2 Å². The maximum Gasteiger partial charge on any atom is 0.0124 e. The van der Waals surface area contributed by atoms with Gasteiger partial charge >= 0.3 is 0 Å². The zero-order chi connectivity index (χ0) is 11.9. The van der Waals surface area contributed by atoms with Crippen LogP contribution < -0.4 is 5.32 Å². The highest BCUT2D eigenvalue weighted by Gasteiger charge is 2.41. The van der Waals surface area contributed by atoms with E-state index in [9.17, 15) is 0 Å². The molecule has 1 aliphatic heterocycles. The van der Waals surface area contributed by atoms with Crippen molar-refractivity contribution in [3.8, 4) is 0 Å². The minimum Gasteiger partial charge on any atom is -0.312 e. The third-order valence-corrected chi connectivity index (χ3v) is 4.82. The van der Waals surface area contributed by atoms with Crippen molar-refractivity contribution in [1.29, 1.82) is 0 Å². The molecule has 0 aromatic carbocycles. The first-order valence-electron chi connectivity index (χ1n) is 7.60. The number of nitrogens with one attached hydrogen (secondary N) is 1. The highest BCUT2D eigenvalue weighted by Crippen LogP contribution is 2.44. The van der Waals surface area contributed by atoms with Crippen LogP contribution in [0.3, 0.4) is 0 Å². The number of hydrogen-bond donors (Lipinski definition) is 1. The maximum absolute atomic E-state index is 3.86. The second-order valence-corrected chi connectivity index (χ2v) is 7.35. The van der Waals surface area contributed by atoms with Gasteiger partial charge in [-0.25, -0.2) is 0 Å². The molecule has 17 heavy (non-hydrogen) atoms. The van der Waals surface area contributed by atoms with Crippen LogP contribution >= 0.6 is 0 Å². The molecule has 1 saturated heterocycles. The van der Waals surface area contributed by atoms with Crippen molar-refractivity contribution in [3.05, 3.63) is 0 Å². The van der Waals surface area contributed by atoms with Crippen LogP contribution in [0.2, 0.25) is 0 Å². The van der Waals surface area contributed by atoms with E-state index in [2.05, 4.69) is 24.1 Å². The van der Waals surface area contributed by atoms with Gasteiger partial charge in [-0.15, -0.1) is 0 Å². The second kappa shape index (κ2) is 4.55. The molecule has 2 saturated carbocycles. The molecular weight excluding hydrogens is 208 g/mol. The Balaban J connectivity index is 1.37. The molecule has 0 aromatic rings. The van der Waals surface area contributed by atoms with E-state index in [-0.39, 0.29) is 0 Å². The van der Waals surface area contributed by atoms with Crippen LogP contribution in [-0.4, -0.2) is 37.1 Å². The van der Waals surface area contributed by atoms with E-state index in [1.807, 2.05) is 0 Å². The summed E-state index contributed by atoms with van der Waals surface area (Å²) < 4.78 is 0. The summed E-state index contributed by atoms with van der Waals surface area (Å²) in [6.45, 7) is 9.89. The van der Waals surface area contributed by atoms with E-state index in [4.69, 9.17) is 0 Å². The maximum atomic E-state index is 3.86. The number of rotatable bonds is 6. The summed E-state index contributed by atoms with van der Waals surface area (Å²) in [7, 11) is 0. The van der Waals surface area contributed by atoms with Crippen LogP contribution in [0.25, 0.3) is 0 Å². The SMILES string of the molecule is CC1(C)CCN(CCNC(C2CC2)C2CC2)C1. The quantitative estimate of drug-likeness (QED) is 0.762. The molecule has 1 N–H and O–H groups in total. The Morgan fingerprint density at radius 1 is 1.18 bits per heavy atom. The monoisotopic (exact) mass is 236 g/mol. The topological polar surface area (TPSA) is 15.3 Å². The molecule has 0 aromatic heterocycles. The van der Waals surface area contributed by atoms with Crippen LogP contribution in [-0.2, 0) is 0 Å². The summed E-state index contributed by atoms with van der Waals surface area (Å²) in [6.07, 6.45) is 7.34. The molecule has 0 spiro atoms. The lowest BCUT2D eigenvalue weighted by atomic mass is 9.93. The molecule has 1 heterocycles. The van der Waals surface area contributed by atoms with Gasteiger partial charge in [0.05, 0.1) is 0 Å². The lowest BCUT2D eigenvalue weighted by Crippen LogP contribution is -2.39. The van der Waals surface area contributed by atoms with Crippen molar-refractivity contribution in [2.24, 2.45) is 17.3 Å².